The van der Waals surface area contributed by atoms with E-state index in [-0.39, 0.29) is 0 Å². The lowest BCUT2D eigenvalue weighted by molar-refractivity contribution is -0.0350. The zero-order chi connectivity index (χ0) is 16.7. The zero-order valence-electron chi connectivity index (χ0n) is 12.9. The molecule has 2 rings (SSSR count). The highest BCUT2D eigenvalue weighted by Crippen LogP contribution is 2.21. The molecule has 2 aromatic rings. The monoisotopic (exact) mass is 312 g/mol. The molecule has 0 amide bonds. The van der Waals surface area contributed by atoms with Crippen molar-refractivity contribution in [1.82, 2.24) is 0 Å². The van der Waals surface area contributed by atoms with E-state index < -0.39 is 12.6 Å². The molecular formula is C19H20O4. The van der Waals surface area contributed by atoms with Crippen molar-refractivity contribution in [1.29, 1.82) is 0 Å². The second-order valence-electron chi connectivity index (χ2n) is 4.90. The predicted molar refractivity (Wildman–Crippen MR) is 90.6 cm³/mol. The number of aliphatic hydroxyl groups is 2. The van der Waals surface area contributed by atoms with Crippen LogP contribution in [0.25, 0.3) is 12.2 Å². The van der Waals surface area contributed by atoms with Crippen LogP contribution in [-0.4, -0.2) is 23.6 Å². The van der Waals surface area contributed by atoms with Crippen molar-refractivity contribution in [2.24, 2.45) is 0 Å². The highest BCUT2D eigenvalue weighted by atomic mass is 16.6. The first-order chi connectivity index (χ1) is 11.1. The number of methoxy groups -OCH3 is 1. The van der Waals surface area contributed by atoms with Gasteiger partial charge in [-0.15, -0.1) is 0 Å². The summed E-state index contributed by atoms with van der Waals surface area (Å²) in [5.74, 6) is 0.551. The number of aliphatic hydroxyl groups excluding tert-OH is 2. The minimum absolute atomic E-state index is 0.551. The fraction of sp³-hybridized carbons (Fsp3) is 0.158. The highest BCUT2D eigenvalue weighted by Gasteiger charge is 2.08. The van der Waals surface area contributed by atoms with E-state index in [0.29, 0.717) is 11.3 Å². The lowest BCUT2D eigenvalue weighted by Crippen LogP contribution is -2.06. The fourth-order valence-corrected chi connectivity index (χ4v) is 1.92. The summed E-state index contributed by atoms with van der Waals surface area (Å²) in [7, 11) is 1.43. The van der Waals surface area contributed by atoms with Gasteiger partial charge in [0.1, 0.15) is 5.75 Å². The molecule has 0 aliphatic heterocycles. The summed E-state index contributed by atoms with van der Waals surface area (Å²) in [5, 5.41) is 19.4. The molecule has 0 aliphatic rings. The van der Waals surface area contributed by atoms with Crippen LogP contribution >= 0.6 is 0 Å². The molecular weight excluding hydrogens is 292 g/mol. The minimum atomic E-state index is -1.04. The van der Waals surface area contributed by atoms with Crippen LogP contribution in [-0.2, 0) is 4.74 Å². The Morgan fingerprint density at radius 1 is 0.957 bits per heavy atom. The first-order valence-corrected chi connectivity index (χ1v) is 7.18. The molecule has 0 bridgehead atoms. The third-order valence-corrected chi connectivity index (χ3v) is 3.28. The summed E-state index contributed by atoms with van der Waals surface area (Å²) in [6, 6.07) is 14.5. The van der Waals surface area contributed by atoms with Gasteiger partial charge in [0.25, 0.3) is 0 Å². The Bertz CT molecular complexity index is 644. The molecule has 4 nitrogen and oxygen atoms in total. The molecule has 2 unspecified atom stereocenters. The van der Waals surface area contributed by atoms with Gasteiger partial charge in [0.15, 0.2) is 6.29 Å². The Morgan fingerprint density at radius 2 is 1.57 bits per heavy atom. The smallest absolute Gasteiger partial charge is 0.224 e. The number of rotatable bonds is 7. The molecule has 0 aromatic heterocycles. The molecule has 23 heavy (non-hydrogen) atoms. The van der Waals surface area contributed by atoms with Crippen molar-refractivity contribution in [3.8, 4) is 5.75 Å². The van der Waals surface area contributed by atoms with Gasteiger partial charge >= 0.3 is 0 Å². The summed E-state index contributed by atoms with van der Waals surface area (Å²) in [6.07, 6.45) is 3.05. The van der Waals surface area contributed by atoms with E-state index in [1.165, 1.54) is 13.2 Å². The van der Waals surface area contributed by atoms with Gasteiger partial charge in [-0.25, -0.2) is 0 Å². The Hall–Kier alpha value is -2.40. The zero-order valence-corrected chi connectivity index (χ0v) is 12.9. The van der Waals surface area contributed by atoms with Crippen molar-refractivity contribution in [2.75, 3.05) is 7.11 Å². The molecule has 0 fully saturated rings. The molecule has 4 heteroatoms. The van der Waals surface area contributed by atoms with Crippen molar-refractivity contribution in [2.45, 2.75) is 12.6 Å². The normalized spacial score (nSPS) is 13.7. The predicted octanol–water partition coefficient (Wildman–Crippen LogP) is 3.38. The molecule has 0 heterocycles. The van der Waals surface area contributed by atoms with Crippen molar-refractivity contribution in [3.05, 3.63) is 77.9 Å². The highest BCUT2D eigenvalue weighted by molar-refractivity contribution is 5.51. The first-order valence-electron chi connectivity index (χ1n) is 7.18. The molecule has 2 atom stereocenters. The Labute approximate surface area is 135 Å². The fourth-order valence-electron chi connectivity index (χ4n) is 1.92. The molecule has 0 spiro atoms. The largest absolute Gasteiger partial charge is 0.461 e. The van der Waals surface area contributed by atoms with Gasteiger partial charge in [-0.2, -0.15) is 0 Å². The molecule has 0 radical (unpaired) electrons. The van der Waals surface area contributed by atoms with Crippen LogP contribution in [0.15, 0.2) is 61.2 Å². The van der Waals surface area contributed by atoms with Gasteiger partial charge in [0, 0.05) is 12.7 Å². The SMILES string of the molecule is C=Cc1ccc(C(O)Oc2ccc(/C=C/C(O)OC)cc2)cc1. The van der Waals surface area contributed by atoms with Crippen LogP contribution in [0.1, 0.15) is 23.0 Å². The number of hydrogen-bond donors (Lipinski definition) is 2. The average molecular weight is 312 g/mol. The van der Waals surface area contributed by atoms with Crippen LogP contribution in [0.3, 0.4) is 0 Å². The summed E-state index contributed by atoms with van der Waals surface area (Å²) in [5.41, 5.74) is 2.54. The van der Waals surface area contributed by atoms with Gasteiger partial charge in [0.05, 0.1) is 0 Å². The maximum atomic E-state index is 10.1. The summed E-state index contributed by atoms with van der Waals surface area (Å²) in [4.78, 5) is 0. The average Bonchev–Trinajstić information content (AvgIpc) is 2.60. The number of benzene rings is 2. The summed E-state index contributed by atoms with van der Waals surface area (Å²) >= 11 is 0. The summed E-state index contributed by atoms with van der Waals surface area (Å²) < 4.78 is 10.2. The van der Waals surface area contributed by atoms with E-state index >= 15 is 0 Å². The third kappa shape index (κ3) is 5.07. The topological polar surface area (TPSA) is 58.9 Å². The van der Waals surface area contributed by atoms with Gasteiger partial charge < -0.3 is 19.7 Å². The van der Waals surface area contributed by atoms with Crippen LogP contribution < -0.4 is 4.74 Å². The van der Waals surface area contributed by atoms with E-state index in [2.05, 4.69) is 6.58 Å². The Morgan fingerprint density at radius 3 is 2.13 bits per heavy atom. The van der Waals surface area contributed by atoms with Gasteiger partial charge in [-0.1, -0.05) is 55.1 Å². The Balaban J connectivity index is 1.99. The molecule has 120 valence electrons. The molecule has 2 aromatic carbocycles. The van der Waals surface area contributed by atoms with E-state index in [1.807, 2.05) is 24.3 Å². The molecule has 0 aliphatic carbocycles. The molecule has 0 saturated carbocycles. The van der Waals surface area contributed by atoms with Gasteiger partial charge in [0.2, 0.25) is 6.29 Å². The van der Waals surface area contributed by atoms with Gasteiger partial charge in [-0.3, -0.25) is 0 Å². The maximum Gasteiger partial charge on any atom is 0.224 e. The molecule has 0 saturated heterocycles. The second-order valence-corrected chi connectivity index (χ2v) is 4.90. The van der Waals surface area contributed by atoms with E-state index in [0.717, 1.165) is 11.1 Å². The first kappa shape index (κ1) is 17.0. The number of hydrogen-bond acceptors (Lipinski definition) is 4. The number of ether oxygens (including phenoxy) is 2. The van der Waals surface area contributed by atoms with E-state index in [4.69, 9.17) is 9.47 Å². The lowest BCUT2D eigenvalue weighted by atomic mass is 10.1. The van der Waals surface area contributed by atoms with Crippen molar-refractivity contribution < 1.29 is 19.7 Å². The van der Waals surface area contributed by atoms with Crippen LogP contribution in [0.5, 0.6) is 5.75 Å². The van der Waals surface area contributed by atoms with Gasteiger partial charge in [-0.05, 0) is 29.3 Å². The van der Waals surface area contributed by atoms with Crippen molar-refractivity contribution in [3.63, 3.8) is 0 Å². The third-order valence-electron chi connectivity index (χ3n) is 3.28. The Kier molecular flexibility index (Phi) is 6.11. The van der Waals surface area contributed by atoms with Crippen molar-refractivity contribution >= 4 is 12.2 Å². The van der Waals surface area contributed by atoms with Crippen LogP contribution in [0.4, 0.5) is 0 Å². The van der Waals surface area contributed by atoms with Crippen LogP contribution in [0, 0.1) is 0 Å². The second kappa shape index (κ2) is 8.29. The van der Waals surface area contributed by atoms with E-state index in [1.54, 1.807) is 36.4 Å². The minimum Gasteiger partial charge on any atom is -0.461 e. The summed E-state index contributed by atoms with van der Waals surface area (Å²) in [6.45, 7) is 3.69. The van der Waals surface area contributed by atoms with Crippen LogP contribution in [0.2, 0.25) is 0 Å². The van der Waals surface area contributed by atoms with E-state index in [9.17, 15) is 10.2 Å². The standard InChI is InChI=1S/C19H20O4/c1-3-14-4-9-16(10-5-14)19(21)23-17-11-6-15(7-12-17)8-13-18(20)22-2/h3-13,18-21H,1H2,2H3/b13-8+. The lowest BCUT2D eigenvalue weighted by Gasteiger charge is -2.14. The maximum absolute atomic E-state index is 10.1. The quantitative estimate of drug-likeness (QED) is 0.770. The molecule has 2 N–H and O–H groups in total.